The molecule has 1 aromatic carbocycles. The highest BCUT2D eigenvalue weighted by Crippen LogP contribution is 2.33. The zero-order chi connectivity index (χ0) is 19.8. The van der Waals surface area contributed by atoms with Crippen LogP contribution >= 0.6 is 0 Å². The number of carbonyl (C=O) groups excluding carboxylic acids is 1. The van der Waals surface area contributed by atoms with Crippen LogP contribution in [0.2, 0.25) is 0 Å². The quantitative estimate of drug-likeness (QED) is 0.777. The van der Waals surface area contributed by atoms with Gasteiger partial charge >= 0.3 is 6.18 Å². The van der Waals surface area contributed by atoms with Crippen molar-refractivity contribution in [3.05, 3.63) is 30.1 Å². The van der Waals surface area contributed by atoms with Crippen LogP contribution in [0, 0.1) is 5.82 Å². The lowest BCUT2D eigenvalue weighted by atomic mass is 10.0. The van der Waals surface area contributed by atoms with E-state index in [0.29, 0.717) is 6.92 Å². The molecule has 0 aromatic heterocycles. The zero-order valence-electron chi connectivity index (χ0n) is 13.8. The van der Waals surface area contributed by atoms with Crippen LogP contribution < -0.4 is 0 Å². The lowest BCUT2D eigenvalue weighted by Gasteiger charge is -2.35. The Balaban J connectivity index is 2.02. The lowest BCUT2D eigenvalue weighted by Crippen LogP contribution is -2.53. The zero-order valence-corrected chi connectivity index (χ0v) is 14.6. The normalized spacial score (nSPS) is 19.2. The van der Waals surface area contributed by atoms with Crippen LogP contribution in [0.1, 0.15) is 13.3 Å². The summed E-state index contributed by atoms with van der Waals surface area (Å²) in [6.07, 6.45) is -6.10. The minimum Gasteiger partial charge on any atom is -0.380 e. The van der Waals surface area contributed by atoms with Gasteiger partial charge in [-0.2, -0.15) is 17.5 Å². The molecule has 11 heteroatoms. The summed E-state index contributed by atoms with van der Waals surface area (Å²) in [5.41, 5.74) is -3.16. The van der Waals surface area contributed by atoms with Crippen LogP contribution in [0.15, 0.2) is 29.2 Å². The van der Waals surface area contributed by atoms with E-state index in [-0.39, 0.29) is 31.1 Å². The number of piperazine rings is 1. The van der Waals surface area contributed by atoms with E-state index in [0.717, 1.165) is 21.3 Å². The Morgan fingerprint density at radius 2 is 1.77 bits per heavy atom. The van der Waals surface area contributed by atoms with Crippen LogP contribution in [-0.2, 0) is 14.8 Å². The summed E-state index contributed by atoms with van der Waals surface area (Å²) in [5, 5.41) is 9.39. The molecule has 1 heterocycles. The van der Waals surface area contributed by atoms with Crippen molar-refractivity contribution in [3.63, 3.8) is 0 Å². The van der Waals surface area contributed by atoms with Crippen molar-refractivity contribution in [1.29, 1.82) is 0 Å². The maximum Gasteiger partial charge on any atom is 0.417 e. The first-order chi connectivity index (χ1) is 11.8. The van der Waals surface area contributed by atoms with Gasteiger partial charge in [0.15, 0.2) is 5.60 Å². The summed E-state index contributed by atoms with van der Waals surface area (Å²) in [6.45, 7) is -0.0182. The van der Waals surface area contributed by atoms with Gasteiger partial charge in [-0.3, -0.25) is 4.79 Å². The number of alkyl halides is 3. The number of hydrogen-bond donors (Lipinski definition) is 1. The first-order valence-electron chi connectivity index (χ1n) is 7.67. The number of hydrogen-bond acceptors (Lipinski definition) is 4. The molecule has 1 saturated heterocycles. The Morgan fingerprint density at radius 3 is 2.27 bits per heavy atom. The average molecular weight is 398 g/mol. The number of benzene rings is 1. The molecule has 6 nitrogen and oxygen atoms in total. The van der Waals surface area contributed by atoms with Gasteiger partial charge < -0.3 is 10.0 Å². The minimum atomic E-state index is -4.95. The fourth-order valence-electron chi connectivity index (χ4n) is 2.46. The van der Waals surface area contributed by atoms with Gasteiger partial charge in [0.05, 0.1) is 11.3 Å². The van der Waals surface area contributed by atoms with Crippen molar-refractivity contribution in [1.82, 2.24) is 9.21 Å². The highest BCUT2D eigenvalue weighted by Gasteiger charge is 2.51. The van der Waals surface area contributed by atoms with Gasteiger partial charge in [0.1, 0.15) is 5.82 Å². The van der Waals surface area contributed by atoms with Crippen molar-refractivity contribution in [3.8, 4) is 0 Å². The third-order valence-corrected chi connectivity index (χ3v) is 6.03. The number of halogens is 4. The minimum absolute atomic E-state index is 0.124. The monoisotopic (exact) mass is 398 g/mol. The van der Waals surface area contributed by atoms with Gasteiger partial charge in [0.25, 0.3) is 0 Å². The van der Waals surface area contributed by atoms with Crippen molar-refractivity contribution in [2.45, 2.75) is 30.0 Å². The SMILES string of the molecule is C[C@](O)(CC(=O)N1CCN(S(=O)(=O)c2cccc(F)c2)CC1)C(F)(F)F. The van der Waals surface area contributed by atoms with Gasteiger partial charge in [0.2, 0.25) is 15.9 Å². The Hall–Kier alpha value is -1.72. The molecule has 26 heavy (non-hydrogen) atoms. The van der Waals surface area contributed by atoms with E-state index >= 15 is 0 Å². The fraction of sp³-hybridized carbons (Fsp3) is 0.533. The molecular weight excluding hydrogens is 380 g/mol. The number of rotatable bonds is 4. The van der Waals surface area contributed by atoms with Gasteiger partial charge in [-0.05, 0) is 25.1 Å². The third-order valence-electron chi connectivity index (χ3n) is 4.13. The second kappa shape index (κ2) is 7.12. The topological polar surface area (TPSA) is 77.9 Å². The largest absolute Gasteiger partial charge is 0.417 e. The average Bonchev–Trinajstić information content (AvgIpc) is 2.53. The molecule has 0 bridgehead atoms. The number of sulfonamides is 1. The summed E-state index contributed by atoms with van der Waals surface area (Å²) >= 11 is 0. The molecule has 0 spiro atoms. The van der Waals surface area contributed by atoms with Crippen molar-refractivity contribution in [2.75, 3.05) is 26.2 Å². The van der Waals surface area contributed by atoms with E-state index in [2.05, 4.69) is 0 Å². The standard InChI is InChI=1S/C15H18F4N2O4S/c1-14(23,15(17,18)19)10-13(22)20-5-7-21(8-6-20)26(24,25)12-4-2-3-11(16)9-12/h2-4,9,23H,5-8,10H2,1H3/t14-/m0/s1. The second-order valence-electron chi connectivity index (χ2n) is 6.19. The van der Waals surface area contributed by atoms with Crippen LogP contribution in [-0.4, -0.2) is 66.6 Å². The Kier molecular flexibility index (Phi) is 5.64. The summed E-state index contributed by atoms with van der Waals surface area (Å²) in [5.74, 6) is -1.63. The molecule has 146 valence electrons. The van der Waals surface area contributed by atoms with Crippen molar-refractivity contribution in [2.24, 2.45) is 0 Å². The van der Waals surface area contributed by atoms with E-state index in [1.165, 1.54) is 12.1 Å². The molecule has 1 aliphatic heterocycles. The Labute approximate surface area is 148 Å². The van der Waals surface area contributed by atoms with Crippen LogP contribution in [0.4, 0.5) is 17.6 Å². The van der Waals surface area contributed by atoms with Crippen LogP contribution in [0.5, 0.6) is 0 Å². The molecule has 0 unspecified atom stereocenters. The summed E-state index contributed by atoms with van der Waals surface area (Å²) in [7, 11) is -3.97. The van der Waals surface area contributed by atoms with E-state index in [1.807, 2.05) is 0 Å². The van der Waals surface area contributed by atoms with E-state index in [9.17, 15) is 35.9 Å². The van der Waals surface area contributed by atoms with Crippen molar-refractivity contribution < 1.29 is 35.9 Å². The highest BCUT2D eigenvalue weighted by molar-refractivity contribution is 7.89. The molecule has 0 aliphatic carbocycles. The molecule has 0 saturated carbocycles. The molecule has 0 radical (unpaired) electrons. The van der Waals surface area contributed by atoms with Crippen LogP contribution in [0.3, 0.4) is 0 Å². The van der Waals surface area contributed by atoms with Crippen molar-refractivity contribution >= 4 is 15.9 Å². The number of aliphatic hydroxyl groups is 1. The predicted molar refractivity (Wildman–Crippen MR) is 83.0 cm³/mol. The second-order valence-corrected chi connectivity index (χ2v) is 8.13. The number of amides is 1. The Bertz CT molecular complexity index is 772. The first-order valence-corrected chi connectivity index (χ1v) is 9.11. The van der Waals surface area contributed by atoms with Gasteiger partial charge in [0, 0.05) is 26.2 Å². The predicted octanol–water partition coefficient (Wildman–Crippen LogP) is 1.36. The van der Waals surface area contributed by atoms with E-state index < -0.39 is 39.9 Å². The maximum atomic E-state index is 13.2. The molecule has 2 rings (SSSR count). The van der Waals surface area contributed by atoms with Gasteiger partial charge in [-0.15, -0.1) is 0 Å². The van der Waals surface area contributed by atoms with E-state index in [4.69, 9.17) is 0 Å². The number of nitrogens with zero attached hydrogens (tertiary/aromatic N) is 2. The maximum absolute atomic E-state index is 13.2. The third kappa shape index (κ3) is 4.33. The first kappa shape index (κ1) is 20.6. The highest BCUT2D eigenvalue weighted by atomic mass is 32.2. The lowest BCUT2D eigenvalue weighted by molar-refractivity contribution is -0.254. The Morgan fingerprint density at radius 1 is 1.19 bits per heavy atom. The van der Waals surface area contributed by atoms with Gasteiger partial charge in [-0.1, -0.05) is 6.07 Å². The van der Waals surface area contributed by atoms with Gasteiger partial charge in [-0.25, -0.2) is 12.8 Å². The van der Waals surface area contributed by atoms with Crippen LogP contribution in [0.25, 0.3) is 0 Å². The molecular formula is C15H18F4N2O4S. The molecule has 1 N–H and O–H groups in total. The molecule has 1 aromatic rings. The molecule has 1 atom stereocenters. The smallest absolute Gasteiger partial charge is 0.380 e. The fourth-order valence-corrected chi connectivity index (χ4v) is 3.92. The summed E-state index contributed by atoms with van der Waals surface area (Å²) in [6, 6.07) is 4.45. The summed E-state index contributed by atoms with van der Waals surface area (Å²) < 4.78 is 77.1. The molecule has 1 amide bonds. The number of carbonyl (C=O) groups is 1. The van der Waals surface area contributed by atoms with E-state index in [1.54, 1.807) is 0 Å². The molecule has 1 fully saturated rings. The summed E-state index contributed by atoms with van der Waals surface area (Å²) in [4.78, 5) is 12.8. The molecule has 1 aliphatic rings.